The van der Waals surface area contributed by atoms with E-state index in [9.17, 15) is 14.8 Å². The predicted molar refractivity (Wildman–Crippen MR) is 150 cm³/mol. The number of amides is 2. The summed E-state index contributed by atoms with van der Waals surface area (Å²) in [5.74, 6) is -0.237. The van der Waals surface area contributed by atoms with E-state index in [0.717, 1.165) is 43.1 Å². The van der Waals surface area contributed by atoms with Crippen LogP contribution < -0.4 is 15.4 Å². The monoisotopic (exact) mass is 538 g/mol. The molecule has 10 heteroatoms. The summed E-state index contributed by atoms with van der Waals surface area (Å²) >= 11 is 1.32. The minimum absolute atomic E-state index is 0.160. The van der Waals surface area contributed by atoms with E-state index in [2.05, 4.69) is 20.7 Å². The molecule has 1 saturated heterocycles. The summed E-state index contributed by atoms with van der Waals surface area (Å²) < 4.78 is 11.5. The first-order chi connectivity index (χ1) is 18.2. The number of rotatable bonds is 8. The third kappa shape index (κ3) is 6.15. The minimum Gasteiger partial charge on any atom is -0.492 e. The molecule has 38 heavy (non-hydrogen) atoms. The number of carbonyl (C=O) groups is 2. The number of hydrogen-bond donors (Lipinski definition) is 3. The molecule has 0 atom stereocenters. The third-order valence-corrected chi connectivity index (χ3v) is 7.94. The summed E-state index contributed by atoms with van der Waals surface area (Å²) in [7, 11) is 1.54. The van der Waals surface area contributed by atoms with Crippen molar-refractivity contribution in [3.8, 4) is 5.75 Å². The highest BCUT2D eigenvalue weighted by Crippen LogP contribution is 2.36. The first-order valence-electron chi connectivity index (χ1n) is 12.6. The van der Waals surface area contributed by atoms with Crippen LogP contribution in [0, 0.1) is 0 Å². The van der Waals surface area contributed by atoms with Crippen LogP contribution in [0.5, 0.6) is 5.75 Å². The van der Waals surface area contributed by atoms with Crippen LogP contribution in [0.1, 0.15) is 40.9 Å². The lowest BCUT2D eigenvalue weighted by Crippen LogP contribution is -2.38. The van der Waals surface area contributed by atoms with Gasteiger partial charge in [-0.2, -0.15) is 0 Å². The second-order valence-electron chi connectivity index (χ2n) is 10.0. The van der Waals surface area contributed by atoms with Gasteiger partial charge in [-0.15, -0.1) is 11.3 Å². The Hall–Kier alpha value is -3.47. The summed E-state index contributed by atoms with van der Waals surface area (Å²) in [4.78, 5) is 29.5. The summed E-state index contributed by atoms with van der Waals surface area (Å²) in [6.07, 6.45) is 0. The van der Waals surface area contributed by atoms with E-state index in [0.29, 0.717) is 33.9 Å². The number of oxime groups is 1. The topological polar surface area (TPSA) is 112 Å². The van der Waals surface area contributed by atoms with Gasteiger partial charge in [-0.25, -0.2) is 0 Å². The molecule has 1 fully saturated rings. The van der Waals surface area contributed by atoms with E-state index in [1.807, 2.05) is 45.0 Å². The smallest absolute Gasteiger partial charge is 0.278 e. The number of thiophene rings is 1. The molecule has 2 aromatic carbocycles. The normalized spacial score (nSPS) is 14.9. The summed E-state index contributed by atoms with van der Waals surface area (Å²) in [6, 6.07) is 12.8. The van der Waals surface area contributed by atoms with E-state index in [4.69, 9.17) is 9.47 Å². The Morgan fingerprint density at radius 2 is 1.84 bits per heavy atom. The first kappa shape index (κ1) is 27.6. The highest BCUT2D eigenvalue weighted by atomic mass is 32.1. The molecule has 0 radical (unpaired) electrons. The van der Waals surface area contributed by atoms with Gasteiger partial charge in [-0.1, -0.05) is 50.2 Å². The van der Waals surface area contributed by atoms with Gasteiger partial charge in [0.1, 0.15) is 17.2 Å². The summed E-state index contributed by atoms with van der Waals surface area (Å²) in [6.45, 7) is 10.7. The van der Waals surface area contributed by atoms with Crippen molar-refractivity contribution < 1.29 is 24.3 Å². The lowest BCUT2D eigenvalue weighted by molar-refractivity contribution is -0.110. The average molecular weight is 539 g/mol. The molecule has 3 aromatic rings. The maximum Gasteiger partial charge on any atom is 0.278 e. The second kappa shape index (κ2) is 11.9. The number of hydrogen-bond acceptors (Lipinski definition) is 8. The van der Waals surface area contributed by atoms with Crippen LogP contribution in [0.2, 0.25) is 0 Å². The van der Waals surface area contributed by atoms with Crippen molar-refractivity contribution in [2.24, 2.45) is 5.16 Å². The molecule has 1 aliphatic rings. The number of morpholine rings is 1. The molecule has 1 aliphatic heterocycles. The second-order valence-corrected chi connectivity index (χ2v) is 11.1. The van der Waals surface area contributed by atoms with Crippen LogP contribution in [0.15, 0.2) is 47.6 Å². The van der Waals surface area contributed by atoms with Crippen molar-refractivity contribution in [3.05, 3.63) is 57.8 Å². The Kier molecular flexibility index (Phi) is 8.65. The van der Waals surface area contributed by atoms with Gasteiger partial charge < -0.3 is 25.3 Å². The molecule has 4 rings (SSSR count). The average Bonchev–Trinajstić information content (AvgIpc) is 3.34. The van der Waals surface area contributed by atoms with Crippen molar-refractivity contribution in [1.29, 1.82) is 0 Å². The lowest BCUT2D eigenvalue weighted by atomic mass is 9.94. The largest absolute Gasteiger partial charge is 0.492 e. The third-order valence-electron chi connectivity index (χ3n) is 6.38. The predicted octanol–water partition coefficient (Wildman–Crippen LogP) is 4.09. The molecule has 0 bridgehead atoms. The Bertz CT molecular complexity index is 1340. The Morgan fingerprint density at radius 3 is 2.50 bits per heavy atom. The molecule has 3 N–H and O–H groups in total. The number of fused-ring (bicyclic) bond motifs is 1. The van der Waals surface area contributed by atoms with Gasteiger partial charge in [-0.3, -0.25) is 14.5 Å². The van der Waals surface area contributed by atoms with Crippen molar-refractivity contribution >= 4 is 45.3 Å². The number of benzene rings is 2. The quantitative estimate of drug-likeness (QED) is 0.226. The number of nitrogens with zero attached hydrogens (tertiary/aromatic N) is 2. The zero-order valence-corrected chi connectivity index (χ0v) is 23.0. The van der Waals surface area contributed by atoms with Crippen LogP contribution in [0.4, 0.5) is 5.69 Å². The molecule has 0 saturated carbocycles. The van der Waals surface area contributed by atoms with E-state index in [1.165, 1.54) is 11.3 Å². The Morgan fingerprint density at radius 1 is 1.13 bits per heavy atom. The van der Waals surface area contributed by atoms with Gasteiger partial charge in [0.05, 0.1) is 18.9 Å². The van der Waals surface area contributed by atoms with Gasteiger partial charge in [0, 0.05) is 42.5 Å². The van der Waals surface area contributed by atoms with Crippen molar-refractivity contribution in [3.63, 3.8) is 0 Å². The Balaban J connectivity index is 1.58. The van der Waals surface area contributed by atoms with Crippen LogP contribution in [0.3, 0.4) is 0 Å². The molecule has 2 amide bonds. The molecular formula is C28H34N4O5S. The lowest BCUT2D eigenvalue weighted by Gasteiger charge is -2.26. The maximum atomic E-state index is 13.4. The fraction of sp³-hybridized carbons (Fsp3) is 0.393. The number of nitrogens with one attached hydrogen (secondary N) is 2. The maximum absolute atomic E-state index is 13.4. The van der Waals surface area contributed by atoms with Gasteiger partial charge in [0.15, 0.2) is 5.71 Å². The Labute approximate surface area is 226 Å². The van der Waals surface area contributed by atoms with Crippen LogP contribution in [-0.4, -0.2) is 74.1 Å². The summed E-state index contributed by atoms with van der Waals surface area (Å²) in [5, 5.41) is 20.2. The zero-order chi connectivity index (χ0) is 27.3. The fourth-order valence-electron chi connectivity index (χ4n) is 4.25. The molecular weight excluding hydrogens is 504 g/mol. The van der Waals surface area contributed by atoms with Crippen LogP contribution in [0.25, 0.3) is 10.8 Å². The van der Waals surface area contributed by atoms with Crippen molar-refractivity contribution in [1.82, 2.24) is 10.2 Å². The molecule has 0 spiro atoms. The van der Waals surface area contributed by atoms with Gasteiger partial charge >= 0.3 is 0 Å². The van der Waals surface area contributed by atoms with Crippen molar-refractivity contribution in [2.75, 3.05) is 51.8 Å². The summed E-state index contributed by atoms with van der Waals surface area (Å²) in [5.41, 5.74) is 0.456. The number of ether oxygens (including phenoxy) is 2. The van der Waals surface area contributed by atoms with Crippen LogP contribution >= 0.6 is 11.3 Å². The molecule has 0 unspecified atom stereocenters. The van der Waals surface area contributed by atoms with E-state index >= 15 is 0 Å². The first-order valence-corrected chi connectivity index (χ1v) is 13.4. The highest BCUT2D eigenvalue weighted by Gasteiger charge is 2.26. The molecule has 2 heterocycles. The zero-order valence-electron chi connectivity index (χ0n) is 22.2. The van der Waals surface area contributed by atoms with Gasteiger partial charge in [0.2, 0.25) is 0 Å². The highest BCUT2D eigenvalue weighted by molar-refractivity contribution is 7.14. The minimum atomic E-state index is -0.623. The standard InChI is InChI=1S/C28H34N4O5S/c1-28(2,3)23-17-21(25(38-23)27(34)29-4)30-26(33)24(31-35)20-9-10-22(19-8-6-5-7-18(19)20)37-16-13-32-11-14-36-15-12-32/h5-10,17,35H,11-16H2,1-4H3,(H,29,34)(H,30,33). The molecule has 202 valence electrons. The fourth-order valence-corrected chi connectivity index (χ4v) is 5.37. The van der Waals surface area contributed by atoms with Crippen LogP contribution in [-0.2, 0) is 14.9 Å². The van der Waals surface area contributed by atoms with Crippen molar-refractivity contribution in [2.45, 2.75) is 26.2 Å². The molecule has 1 aromatic heterocycles. The SMILES string of the molecule is CNC(=O)c1sc(C(C)(C)C)cc1NC(=O)C(=NO)c1ccc(OCCN2CCOCC2)c2ccccc12. The van der Waals surface area contributed by atoms with E-state index in [-0.39, 0.29) is 17.0 Å². The number of carbonyl (C=O) groups excluding carboxylic acids is 2. The molecule has 0 aliphatic carbocycles. The van der Waals surface area contributed by atoms with Gasteiger partial charge in [-0.05, 0) is 29.0 Å². The number of anilines is 1. The van der Waals surface area contributed by atoms with Gasteiger partial charge in [0.25, 0.3) is 11.8 Å². The van der Waals surface area contributed by atoms with E-state index in [1.54, 1.807) is 25.2 Å². The molecule has 9 nitrogen and oxygen atoms in total. The van der Waals surface area contributed by atoms with E-state index < -0.39 is 5.91 Å².